The van der Waals surface area contributed by atoms with E-state index in [2.05, 4.69) is 43.0 Å². The number of carbonyl (C=O) groups excluding carboxylic acids is 1. The summed E-state index contributed by atoms with van der Waals surface area (Å²) in [4.78, 5) is 10.6. The Hall–Kier alpha value is -2.33. The zero-order chi connectivity index (χ0) is 15.6. The third-order valence-electron chi connectivity index (χ3n) is 3.67. The van der Waals surface area contributed by atoms with E-state index in [9.17, 15) is 4.79 Å². The summed E-state index contributed by atoms with van der Waals surface area (Å²) in [6.07, 6.45) is 7.18. The molecule has 2 rings (SSSR count). The highest BCUT2D eigenvalue weighted by Crippen LogP contribution is 2.09. The zero-order valence-electron chi connectivity index (χ0n) is 13.1. The summed E-state index contributed by atoms with van der Waals surface area (Å²) < 4.78 is 0. The molecule has 0 N–H and O–H groups in total. The highest BCUT2D eigenvalue weighted by molar-refractivity contribution is 5.74. The predicted molar refractivity (Wildman–Crippen MR) is 92.1 cm³/mol. The van der Waals surface area contributed by atoms with Crippen molar-refractivity contribution in [2.45, 2.75) is 39.0 Å². The lowest BCUT2D eigenvalue weighted by Crippen LogP contribution is -1.86. The van der Waals surface area contributed by atoms with Crippen molar-refractivity contribution in [3.8, 4) is 11.8 Å². The second-order valence-electron chi connectivity index (χ2n) is 5.50. The minimum Gasteiger partial charge on any atom is -0.298 e. The molecular weight excluding hydrogens is 268 g/mol. The van der Waals surface area contributed by atoms with Crippen LogP contribution in [0.15, 0.2) is 48.5 Å². The standard InChI is InChI=1S/C21H22O/c1-2-3-4-5-6-18-7-9-19(10-8-18)11-12-20-13-15-21(17-22)16-14-20/h7-10,13-17H,2-6H2,1H3. The molecule has 0 unspecified atom stereocenters. The summed E-state index contributed by atoms with van der Waals surface area (Å²) in [5.41, 5.74) is 4.01. The van der Waals surface area contributed by atoms with Gasteiger partial charge in [-0.3, -0.25) is 4.79 Å². The number of benzene rings is 2. The van der Waals surface area contributed by atoms with Crippen molar-refractivity contribution in [2.24, 2.45) is 0 Å². The van der Waals surface area contributed by atoms with Gasteiger partial charge in [0.1, 0.15) is 6.29 Å². The Morgan fingerprint density at radius 2 is 1.41 bits per heavy atom. The molecule has 0 radical (unpaired) electrons. The number of carbonyl (C=O) groups is 1. The molecule has 0 aromatic heterocycles. The van der Waals surface area contributed by atoms with Crippen molar-refractivity contribution in [3.05, 3.63) is 70.8 Å². The van der Waals surface area contributed by atoms with E-state index in [1.54, 1.807) is 12.1 Å². The first-order valence-electron chi connectivity index (χ1n) is 7.98. The van der Waals surface area contributed by atoms with Gasteiger partial charge in [0.15, 0.2) is 0 Å². The molecule has 0 atom stereocenters. The van der Waals surface area contributed by atoms with Crippen LogP contribution in [0.2, 0.25) is 0 Å². The molecule has 0 spiro atoms. The predicted octanol–water partition coefficient (Wildman–Crippen LogP) is 5.02. The Morgan fingerprint density at radius 1 is 0.818 bits per heavy atom. The maximum Gasteiger partial charge on any atom is 0.150 e. The number of hydrogen-bond donors (Lipinski definition) is 0. The average Bonchev–Trinajstić information content (AvgIpc) is 2.58. The lowest BCUT2D eigenvalue weighted by atomic mass is 10.0. The lowest BCUT2D eigenvalue weighted by molar-refractivity contribution is 0.112. The van der Waals surface area contributed by atoms with E-state index in [1.165, 1.54) is 31.2 Å². The first-order chi connectivity index (χ1) is 10.8. The second kappa shape index (κ2) is 8.85. The maximum atomic E-state index is 10.6. The lowest BCUT2D eigenvalue weighted by Gasteiger charge is -2.01. The molecule has 0 heterocycles. The fourth-order valence-corrected chi connectivity index (χ4v) is 2.30. The molecule has 112 valence electrons. The first-order valence-corrected chi connectivity index (χ1v) is 7.98. The highest BCUT2D eigenvalue weighted by Gasteiger charge is 1.94. The van der Waals surface area contributed by atoms with E-state index in [-0.39, 0.29) is 0 Å². The van der Waals surface area contributed by atoms with Crippen molar-refractivity contribution < 1.29 is 4.79 Å². The zero-order valence-corrected chi connectivity index (χ0v) is 13.1. The molecule has 0 saturated carbocycles. The van der Waals surface area contributed by atoms with Crippen LogP contribution in [0, 0.1) is 11.8 Å². The van der Waals surface area contributed by atoms with Crippen LogP contribution < -0.4 is 0 Å². The van der Waals surface area contributed by atoms with Crippen LogP contribution >= 0.6 is 0 Å². The van der Waals surface area contributed by atoms with Gasteiger partial charge in [0.05, 0.1) is 0 Å². The van der Waals surface area contributed by atoms with Crippen LogP contribution in [0.5, 0.6) is 0 Å². The second-order valence-corrected chi connectivity index (χ2v) is 5.50. The van der Waals surface area contributed by atoms with Crippen molar-refractivity contribution in [2.75, 3.05) is 0 Å². The molecule has 0 amide bonds. The maximum absolute atomic E-state index is 10.6. The van der Waals surface area contributed by atoms with Gasteiger partial charge in [-0.25, -0.2) is 0 Å². The van der Waals surface area contributed by atoms with Gasteiger partial charge in [-0.2, -0.15) is 0 Å². The van der Waals surface area contributed by atoms with Gasteiger partial charge in [0.25, 0.3) is 0 Å². The average molecular weight is 290 g/mol. The third-order valence-corrected chi connectivity index (χ3v) is 3.67. The Kier molecular flexibility index (Phi) is 6.45. The molecule has 1 nitrogen and oxygen atoms in total. The van der Waals surface area contributed by atoms with Crippen molar-refractivity contribution in [1.82, 2.24) is 0 Å². The van der Waals surface area contributed by atoms with Crippen LogP contribution in [-0.2, 0) is 6.42 Å². The summed E-state index contributed by atoms with van der Waals surface area (Å²) in [5.74, 6) is 6.29. The van der Waals surface area contributed by atoms with Gasteiger partial charge < -0.3 is 0 Å². The largest absolute Gasteiger partial charge is 0.298 e. The summed E-state index contributed by atoms with van der Waals surface area (Å²) in [5, 5.41) is 0. The fraction of sp³-hybridized carbons (Fsp3) is 0.286. The Labute approximate surface area is 133 Å². The van der Waals surface area contributed by atoms with E-state index >= 15 is 0 Å². The minimum atomic E-state index is 0.679. The molecular formula is C21H22O. The first kappa shape index (κ1) is 16.0. The summed E-state index contributed by atoms with van der Waals surface area (Å²) in [6.45, 7) is 2.24. The summed E-state index contributed by atoms with van der Waals surface area (Å²) in [6, 6.07) is 15.8. The van der Waals surface area contributed by atoms with Crippen LogP contribution in [0.25, 0.3) is 0 Å². The monoisotopic (exact) mass is 290 g/mol. The van der Waals surface area contributed by atoms with Crippen LogP contribution in [0.3, 0.4) is 0 Å². The molecule has 0 aliphatic heterocycles. The third kappa shape index (κ3) is 5.22. The van der Waals surface area contributed by atoms with Crippen molar-refractivity contribution in [1.29, 1.82) is 0 Å². The number of hydrogen-bond acceptors (Lipinski definition) is 1. The molecule has 2 aromatic carbocycles. The van der Waals surface area contributed by atoms with Crippen molar-refractivity contribution >= 4 is 6.29 Å². The molecule has 2 aromatic rings. The van der Waals surface area contributed by atoms with Gasteiger partial charge in [-0.1, -0.05) is 62.3 Å². The fourth-order valence-electron chi connectivity index (χ4n) is 2.30. The van der Waals surface area contributed by atoms with E-state index in [1.807, 2.05) is 12.1 Å². The van der Waals surface area contributed by atoms with E-state index in [0.29, 0.717) is 5.56 Å². The normalized spacial score (nSPS) is 9.86. The van der Waals surface area contributed by atoms with Crippen LogP contribution in [-0.4, -0.2) is 6.29 Å². The highest BCUT2D eigenvalue weighted by atomic mass is 16.1. The minimum absolute atomic E-state index is 0.679. The van der Waals surface area contributed by atoms with Crippen LogP contribution in [0.4, 0.5) is 0 Å². The van der Waals surface area contributed by atoms with Gasteiger partial charge in [0, 0.05) is 16.7 Å². The van der Waals surface area contributed by atoms with E-state index in [0.717, 1.165) is 23.8 Å². The smallest absolute Gasteiger partial charge is 0.150 e. The topological polar surface area (TPSA) is 17.1 Å². The number of aldehydes is 1. The molecule has 1 heteroatoms. The van der Waals surface area contributed by atoms with Crippen molar-refractivity contribution in [3.63, 3.8) is 0 Å². The molecule has 0 aliphatic rings. The van der Waals surface area contributed by atoms with Gasteiger partial charge in [0.2, 0.25) is 0 Å². The molecule has 0 fully saturated rings. The molecule has 0 bridgehead atoms. The summed E-state index contributed by atoms with van der Waals surface area (Å²) >= 11 is 0. The van der Waals surface area contributed by atoms with Gasteiger partial charge in [-0.15, -0.1) is 0 Å². The van der Waals surface area contributed by atoms with E-state index in [4.69, 9.17) is 0 Å². The van der Waals surface area contributed by atoms with Gasteiger partial charge in [-0.05, 0) is 42.7 Å². The molecule has 22 heavy (non-hydrogen) atoms. The Balaban J connectivity index is 1.93. The SMILES string of the molecule is CCCCCCc1ccc(C#Cc2ccc(C=O)cc2)cc1. The quantitative estimate of drug-likeness (QED) is 0.414. The Morgan fingerprint density at radius 3 is 1.95 bits per heavy atom. The molecule has 0 saturated heterocycles. The van der Waals surface area contributed by atoms with Gasteiger partial charge >= 0.3 is 0 Å². The number of aryl methyl sites for hydroxylation is 1. The number of rotatable bonds is 6. The van der Waals surface area contributed by atoms with Crippen LogP contribution in [0.1, 0.15) is 59.7 Å². The summed E-state index contributed by atoms with van der Waals surface area (Å²) in [7, 11) is 0. The number of unbranched alkanes of at least 4 members (excludes halogenated alkanes) is 3. The molecule has 0 aliphatic carbocycles. The Bertz CT molecular complexity index is 639. The van der Waals surface area contributed by atoms with E-state index < -0.39 is 0 Å².